The number of anilines is 1. The molecule has 0 aliphatic heterocycles. The van der Waals surface area contributed by atoms with E-state index in [-0.39, 0.29) is 19.0 Å². The maximum Gasteiger partial charge on any atom is 0.239 e. The molecule has 0 saturated carbocycles. The summed E-state index contributed by atoms with van der Waals surface area (Å²) in [6.45, 7) is 1.90. The first-order valence-corrected chi connectivity index (χ1v) is 10.8. The summed E-state index contributed by atoms with van der Waals surface area (Å²) >= 11 is 1.57. The quantitative estimate of drug-likeness (QED) is 0.752. The zero-order chi connectivity index (χ0) is 18.4. The fourth-order valence-corrected chi connectivity index (χ4v) is 3.44. The summed E-state index contributed by atoms with van der Waals surface area (Å²) in [6, 6.07) is 15.0. The molecule has 25 heavy (non-hydrogen) atoms. The van der Waals surface area contributed by atoms with Crippen molar-refractivity contribution >= 4 is 33.4 Å². The van der Waals surface area contributed by atoms with Crippen LogP contribution in [0.5, 0.6) is 0 Å². The standard InChI is InChI=1S/C18H22N2O3S2/c1-14-7-9-15(10-8-14)12-20(25(3,22)23)13-18(21)19-16-5-4-6-17(11-16)24-2/h4-11H,12-13H2,1-3H3,(H,19,21). The van der Waals surface area contributed by atoms with Gasteiger partial charge in [0, 0.05) is 17.1 Å². The molecule has 0 fully saturated rings. The van der Waals surface area contributed by atoms with Crippen molar-refractivity contribution < 1.29 is 13.2 Å². The lowest BCUT2D eigenvalue weighted by atomic mass is 10.1. The van der Waals surface area contributed by atoms with Crippen LogP contribution >= 0.6 is 11.8 Å². The summed E-state index contributed by atoms with van der Waals surface area (Å²) in [6.07, 6.45) is 3.07. The Bertz CT molecular complexity index is 834. The third-order valence-corrected chi connectivity index (χ3v) is 5.54. The van der Waals surface area contributed by atoms with Gasteiger partial charge in [0.15, 0.2) is 0 Å². The van der Waals surface area contributed by atoms with Crippen molar-refractivity contribution in [3.05, 3.63) is 59.7 Å². The Labute approximate surface area is 153 Å². The van der Waals surface area contributed by atoms with Gasteiger partial charge in [0.05, 0.1) is 12.8 Å². The molecule has 0 heterocycles. The van der Waals surface area contributed by atoms with Crippen LogP contribution in [0.15, 0.2) is 53.4 Å². The zero-order valence-electron chi connectivity index (χ0n) is 14.5. The van der Waals surface area contributed by atoms with Crippen molar-refractivity contribution in [3.8, 4) is 0 Å². The van der Waals surface area contributed by atoms with Crippen LogP contribution < -0.4 is 5.32 Å². The largest absolute Gasteiger partial charge is 0.325 e. The molecule has 0 saturated heterocycles. The molecule has 5 nitrogen and oxygen atoms in total. The van der Waals surface area contributed by atoms with Crippen LogP contribution in [0.3, 0.4) is 0 Å². The van der Waals surface area contributed by atoms with Crippen molar-refractivity contribution in [3.63, 3.8) is 0 Å². The van der Waals surface area contributed by atoms with E-state index in [9.17, 15) is 13.2 Å². The number of nitrogens with zero attached hydrogens (tertiary/aromatic N) is 1. The number of carbonyl (C=O) groups is 1. The molecule has 134 valence electrons. The van der Waals surface area contributed by atoms with Gasteiger partial charge in [-0.3, -0.25) is 4.79 Å². The molecule has 0 radical (unpaired) electrons. The second-order valence-electron chi connectivity index (χ2n) is 5.80. The van der Waals surface area contributed by atoms with Crippen molar-refractivity contribution in [2.75, 3.05) is 24.4 Å². The fourth-order valence-electron chi connectivity index (χ4n) is 2.25. The maximum atomic E-state index is 12.3. The number of amides is 1. The maximum absolute atomic E-state index is 12.3. The van der Waals surface area contributed by atoms with E-state index in [0.717, 1.165) is 22.3 Å². The highest BCUT2D eigenvalue weighted by Gasteiger charge is 2.20. The first-order valence-electron chi connectivity index (χ1n) is 7.72. The molecule has 1 amide bonds. The minimum atomic E-state index is -3.51. The Balaban J connectivity index is 2.08. The predicted octanol–water partition coefficient (Wildman–Crippen LogP) is 3.12. The van der Waals surface area contributed by atoms with Gasteiger partial charge in [-0.1, -0.05) is 35.9 Å². The van der Waals surface area contributed by atoms with Crippen LogP contribution in [0, 0.1) is 6.92 Å². The van der Waals surface area contributed by atoms with Gasteiger partial charge in [-0.25, -0.2) is 8.42 Å². The molecule has 2 aromatic carbocycles. The summed E-state index contributed by atoms with van der Waals surface area (Å²) < 4.78 is 25.2. The molecule has 0 unspecified atom stereocenters. The molecule has 1 N–H and O–H groups in total. The highest BCUT2D eigenvalue weighted by molar-refractivity contribution is 7.98. The highest BCUT2D eigenvalue weighted by atomic mass is 32.2. The molecular weight excluding hydrogens is 356 g/mol. The van der Waals surface area contributed by atoms with E-state index < -0.39 is 10.0 Å². The first-order chi connectivity index (χ1) is 11.8. The van der Waals surface area contributed by atoms with E-state index >= 15 is 0 Å². The summed E-state index contributed by atoms with van der Waals surface area (Å²) in [5.74, 6) is -0.365. The molecular formula is C18H22N2O3S2. The number of sulfonamides is 1. The van der Waals surface area contributed by atoms with Gasteiger partial charge in [0.2, 0.25) is 15.9 Å². The van der Waals surface area contributed by atoms with Gasteiger partial charge >= 0.3 is 0 Å². The number of rotatable bonds is 7. The van der Waals surface area contributed by atoms with Gasteiger partial charge in [0.1, 0.15) is 0 Å². The van der Waals surface area contributed by atoms with E-state index in [2.05, 4.69) is 5.32 Å². The van der Waals surface area contributed by atoms with Crippen LogP contribution in [-0.4, -0.2) is 37.7 Å². The average Bonchev–Trinajstić information content (AvgIpc) is 2.55. The third-order valence-electron chi connectivity index (χ3n) is 3.62. The number of carbonyl (C=O) groups excluding carboxylic acids is 1. The average molecular weight is 379 g/mol. The fraction of sp³-hybridized carbons (Fsp3) is 0.278. The molecule has 0 aromatic heterocycles. The predicted molar refractivity (Wildman–Crippen MR) is 103 cm³/mol. The first kappa shape index (κ1) is 19.5. The molecule has 0 atom stereocenters. The minimum absolute atomic E-state index is 0.164. The van der Waals surface area contributed by atoms with Crippen molar-refractivity contribution in [1.82, 2.24) is 4.31 Å². The van der Waals surface area contributed by atoms with Crippen molar-refractivity contribution in [2.45, 2.75) is 18.4 Å². The number of thioether (sulfide) groups is 1. The Hall–Kier alpha value is -1.83. The Kier molecular flexibility index (Phi) is 6.64. The van der Waals surface area contributed by atoms with Crippen molar-refractivity contribution in [2.24, 2.45) is 0 Å². The summed E-state index contributed by atoms with van der Waals surface area (Å²) in [7, 11) is -3.51. The lowest BCUT2D eigenvalue weighted by Crippen LogP contribution is -2.36. The number of nitrogens with one attached hydrogen (secondary N) is 1. The van der Waals surface area contributed by atoms with E-state index in [0.29, 0.717) is 5.69 Å². The van der Waals surface area contributed by atoms with E-state index in [4.69, 9.17) is 0 Å². The molecule has 0 bridgehead atoms. The Morgan fingerprint density at radius 2 is 1.84 bits per heavy atom. The molecule has 2 rings (SSSR count). The number of hydrogen-bond acceptors (Lipinski definition) is 4. The second kappa shape index (κ2) is 8.51. The molecule has 0 aliphatic rings. The van der Waals surface area contributed by atoms with E-state index in [1.807, 2.05) is 55.6 Å². The van der Waals surface area contributed by atoms with Gasteiger partial charge in [-0.15, -0.1) is 11.8 Å². The normalized spacial score (nSPS) is 11.5. The number of aryl methyl sites for hydroxylation is 1. The number of hydrogen-bond donors (Lipinski definition) is 1. The Morgan fingerprint density at radius 1 is 1.16 bits per heavy atom. The van der Waals surface area contributed by atoms with Gasteiger partial charge in [-0.2, -0.15) is 4.31 Å². The zero-order valence-corrected chi connectivity index (χ0v) is 16.2. The summed E-state index contributed by atoms with van der Waals surface area (Å²) in [5, 5.41) is 2.76. The summed E-state index contributed by atoms with van der Waals surface area (Å²) in [4.78, 5) is 13.3. The van der Waals surface area contributed by atoms with Gasteiger partial charge in [-0.05, 0) is 36.9 Å². The van der Waals surface area contributed by atoms with Crippen molar-refractivity contribution in [1.29, 1.82) is 0 Å². The second-order valence-corrected chi connectivity index (χ2v) is 8.66. The number of benzene rings is 2. The van der Waals surface area contributed by atoms with Crippen LogP contribution in [0.1, 0.15) is 11.1 Å². The third kappa shape index (κ3) is 6.19. The highest BCUT2D eigenvalue weighted by Crippen LogP contribution is 2.19. The minimum Gasteiger partial charge on any atom is -0.325 e. The van der Waals surface area contributed by atoms with Gasteiger partial charge < -0.3 is 5.32 Å². The van der Waals surface area contributed by atoms with Crippen LogP contribution in [-0.2, 0) is 21.4 Å². The van der Waals surface area contributed by atoms with Crippen LogP contribution in [0.2, 0.25) is 0 Å². The van der Waals surface area contributed by atoms with Crippen LogP contribution in [0.25, 0.3) is 0 Å². The van der Waals surface area contributed by atoms with E-state index in [1.54, 1.807) is 17.8 Å². The smallest absolute Gasteiger partial charge is 0.239 e. The lowest BCUT2D eigenvalue weighted by Gasteiger charge is -2.20. The SMILES string of the molecule is CSc1cccc(NC(=O)CN(Cc2ccc(C)cc2)S(C)(=O)=O)c1. The van der Waals surface area contributed by atoms with Gasteiger partial charge in [0.25, 0.3) is 0 Å². The molecule has 0 aliphatic carbocycles. The molecule has 2 aromatic rings. The van der Waals surface area contributed by atoms with E-state index in [1.165, 1.54) is 4.31 Å². The lowest BCUT2D eigenvalue weighted by molar-refractivity contribution is -0.116. The Morgan fingerprint density at radius 3 is 2.44 bits per heavy atom. The summed E-state index contributed by atoms with van der Waals surface area (Å²) in [5.41, 5.74) is 2.59. The molecule has 7 heteroatoms. The monoisotopic (exact) mass is 378 g/mol. The molecule has 0 spiro atoms. The topological polar surface area (TPSA) is 66.5 Å². The van der Waals surface area contributed by atoms with Crippen LogP contribution in [0.4, 0.5) is 5.69 Å².